The zero-order valence-electron chi connectivity index (χ0n) is 10.3. The van der Waals surface area contributed by atoms with Crippen LogP contribution in [0.3, 0.4) is 0 Å². The van der Waals surface area contributed by atoms with Gasteiger partial charge in [-0.2, -0.15) is 0 Å². The van der Waals surface area contributed by atoms with E-state index in [1.54, 1.807) is 14.1 Å². The molecule has 4 nitrogen and oxygen atoms in total. The number of carbonyl (C=O) groups is 1. The smallest absolute Gasteiger partial charge is 0.259 e. The number of rotatable bonds is 3. The lowest BCUT2D eigenvalue weighted by molar-refractivity contribution is -0.130. The van der Waals surface area contributed by atoms with Gasteiger partial charge in [-0.1, -0.05) is 6.07 Å². The lowest BCUT2D eigenvalue weighted by atomic mass is 10.1. The van der Waals surface area contributed by atoms with Crippen molar-refractivity contribution in [2.75, 3.05) is 20.7 Å². The second-order valence-corrected chi connectivity index (χ2v) is 4.58. The molecule has 2 N–H and O–H groups in total. The van der Waals surface area contributed by atoms with Gasteiger partial charge in [0.2, 0.25) is 0 Å². The first kappa shape index (κ1) is 11.9. The molecule has 0 spiro atoms. The third-order valence-electron chi connectivity index (χ3n) is 3.10. The quantitative estimate of drug-likeness (QED) is 0.852. The van der Waals surface area contributed by atoms with E-state index in [9.17, 15) is 4.79 Å². The van der Waals surface area contributed by atoms with Crippen molar-refractivity contribution in [1.29, 1.82) is 0 Å². The normalized spacial score (nSPS) is 17.7. The highest BCUT2D eigenvalue weighted by Gasteiger charge is 2.19. The zero-order valence-corrected chi connectivity index (χ0v) is 10.3. The summed E-state index contributed by atoms with van der Waals surface area (Å²) in [4.78, 5) is 12.9. The highest BCUT2D eigenvalue weighted by atomic mass is 16.5. The van der Waals surface area contributed by atoms with Crippen LogP contribution >= 0.6 is 0 Å². The van der Waals surface area contributed by atoms with Gasteiger partial charge >= 0.3 is 0 Å². The van der Waals surface area contributed by atoms with Crippen LogP contribution in [0.25, 0.3) is 0 Å². The molecule has 0 bridgehead atoms. The van der Waals surface area contributed by atoms with E-state index < -0.39 is 0 Å². The second-order valence-electron chi connectivity index (χ2n) is 4.58. The molecule has 17 heavy (non-hydrogen) atoms. The SMILES string of the molecule is CN(C)C(=O)COc1ccc2c(c1)CCC2N. The van der Waals surface area contributed by atoms with Gasteiger partial charge in [0.1, 0.15) is 5.75 Å². The van der Waals surface area contributed by atoms with Gasteiger partial charge < -0.3 is 15.4 Å². The fraction of sp³-hybridized carbons (Fsp3) is 0.462. The van der Waals surface area contributed by atoms with E-state index in [4.69, 9.17) is 10.5 Å². The summed E-state index contributed by atoms with van der Waals surface area (Å²) >= 11 is 0. The maximum Gasteiger partial charge on any atom is 0.259 e. The summed E-state index contributed by atoms with van der Waals surface area (Å²) in [6.45, 7) is 0.0812. The Labute approximate surface area is 101 Å². The average Bonchev–Trinajstić information content (AvgIpc) is 2.67. The summed E-state index contributed by atoms with van der Waals surface area (Å²) in [5.41, 5.74) is 8.40. The topological polar surface area (TPSA) is 55.6 Å². The highest BCUT2D eigenvalue weighted by Crippen LogP contribution is 2.31. The monoisotopic (exact) mass is 234 g/mol. The number of fused-ring (bicyclic) bond motifs is 1. The molecule has 1 aromatic rings. The summed E-state index contributed by atoms with van der Waals surface area (Å²) in [6, 6.07) is 6.03. The number of hydrogen-bond donors (Lipinski definition) is 1. The minimum absolute atomic E-state index is 0.0396. The Hall–Kier alpha value is -1.55. The van der Waals surface area contributed by atoms with Crippen LogP contribution in [-0.2, 0) is 11.2 Å². The molecule has 0 aliphatic heterocycles. The third kappa shape index (κ3) is 2.58. The first-order valence-corrected chi connectivity index (χ1v) is 5.79. The summed E-state index contributed by atoms with van der Waals surface area (Å²) in [6.07, 6.45) is 1.99. The predicted molar refractivity (Wildman–Crippen MR) is 65.9 cm³/mol. The molecule has 0 fully saturated rings. The molecule has 2 rings (SSSR count). The second kappa shape index (κ2) is 4.75. The summed E-state index contributed by atoms with van der Waals surface area (Å²) in [7, 11) is 3.43. The predicted octanol–water partition coefficient (Wildman–Crippen LogP) is 1.10. The molecule has 0 heterocycles. The zero-order chi connectivity index (χ0) is 12.4. The number of carbonyl (C=O) groups excluding carboxylic acids is 1. The molecule has 1 unspecified atom stereocenters. The van der Waals surface area contributed by atoms with Gasteiger partial charge in [-0.3, -0.25) is 4.79 Å². The van der Waals surface area contributed by atoms with E-state index >= 15 is 0 Å². The lowest BCUT2D eigenvalue weighted by Gasteiger charge is -2.12. The van der Waals surface area contributed by atoms with Crippen molar-refractivity contribution >= 4 is 5.91 Å². The number of amides is 1. The fourth-order valence-electron chi connectivity index (χ4n) is 1.99. The maximum absolute atomic E-state index is 11.4. The van der Waals surface area contributed by atoms with Crippen LogP contribution in [0.1, 0.15) is 23.6 Å². The van der Waals surface area contributed by atoms with E-state index in [-0.39, 0.29) is 18.6 Å². The van der Waals surface area contributed by atoms with Crippen LogP contribution < -0.4 is 10.5 Å². The van der Waals surface area contributed by atoms with Crippen molar-refractivity contribution < 1.29 is 9.53 Å². The van der Waals surface area contributed by atoms with Crippen molar-refractivity contribution in [3.8, 4) is 5.75 Å². The van der Waals surface area contributed by atoms with Gasteiger partial charge in [0.25, 0.3) is 5.91 Å². The maximum atomic E-state index is 11.4. The molecule has 92 valence electrons. The summed E-state index contributed by atoms with van der Waals surface area (Å²) < 4.78 is 5.46. The van der Waals surface area contributed by atoms with Crippen LogP contribution in [0.2, 0.25) is 0 Å². The standard InChI is InChI=1S/C13H18N2O2/c1-15(2)13(16)8-17-10-4-5-11-9(7-10)3-6-12(11)14/h4-5,7,12H,3,6,8,14H2,1-2H3. The molecule has 0 aromatic heterocycles. The Kier molecular flexibility index (Phi) is 3.33. The minimum Gasteiger partial charge on any atom is -0.484 e. The molecule has 0 saturated heterocycles. The van der Waals surface area contributed by atoms with E-state index in [2.05, 4.69) is 0 Å². The molecule has 0 radical (unpaired) electrons. The van der Waals surface area contributed by atoms with E-state index in [1.807, 2.05) is 18.2 Å². The first-order valence-electron chi connectivity index (χ1n) is 5.79. The molecule has 4 heteroatoms. The van der Waals surface area contributed by atoms with Crippen molar-refractivity contribution in [3.63, 3.8) is 0 Å². The van der Waals surface area contributed by atoms with Gasteiger partial charge in [-0.15, -0.1) is 0 Å². The Morgan fingerprint density at radius 3 is 3.00 bits per heavy atom. The van der Waals surface area contributed by atoms with Gasteiger partial charge in [0.05, 0.1) is 0 Å². The first-order chi connectivity index (χ1) is 8.08. The van der Waals surface area contributed by atoms with Crippen LogP contribution in [0.15, 0.2) is 18.2 Å². The molecule has 1 aromatic carbocycles. The molecule has 1 aliphatic carbocycles. The van der Waals surface area contributed by atoms with Crippen molar-refractivity contribution in [3.05, 3.63) is 29.3 Å². The minimum atomic E-state index is -0.0396. The highest BCUT2D eigenvalue weighted by molar-refractivity contribution is 5.77. The van der Waals surface area contributed by atoms with Gasteiger partial charge in [0, 0.05) is 20.1 Å². The van der Waals surface area contributed by atoms with Crippen LogP contribution in [-0.4, -0.2) is 31.5 Å². The number of likely N-dealkylation sites (N-methyl/N-ethyl adjacent to an activating group) is 1. The number of ether oxygens (including phenoxy) is 1. The number of benzene rings is 1. The largest absolute Gasteiger partial charge is 0.484 e. The Balaban J connectivity index is 2.02. The van der Waals surface area contributed by atoms with Gasteiger partial charge in [0.15, 0.2) is 6.61 Å². The average molecular weight is 234 g/mol. The van der Waals surface area contributed by atoms with Crippen molar-refractivity contribution in [2.45, 2.75) is 18.9 Å². The Bertz CT molecular complexity index is 429. The number of aryl methyl sites for hydroxylation is 1. The molecule has 1 amide bonds. The van der Waals surface area contributed by atoms with Crippen molar-refractivity contribution in [1.82, 2.24) is 4.90 Å². The number of nitrogens with zero attached hydrogens (tertiary/aromatic N) is 1. The van der Waals surface area contributed by atoms with E-state index in [0.717, 1.165) is 18.6 Å². The lowest BCUT2D eigenvalue weighted by Crippen LogP contribution is -2.27. The van der Waals surface area contributed by atoms with Crippen LogP contribution in [0.4, 0.5) is 0 Å². The van der Waals surface area contributed by atoms with E-state index in [1.165, 1.54) is 16.0 Å². The Morgan fingerprint density at radius 1 is 1.53 bits per heavy atom. The molecule has 1 aliphatic rings. The van der Waals surface area contributed by atoms with Gasteiger partial charge in [-0.25, -0.2) is 0 Å². The van der Waals surface area contributed by atoms with Gasteiger partial charge in [-0.05, 0) is 36.1 Å². The number of hydrogen-bond acceptors (Lipinski definition) is 3. The number of nitrogens with two attached hydrogens (primary N) is 1. The fourth-order valence-corrected chi connectivity index (χ4v) is 1.99. The molecule has 0 saturated carbocycles. The van der Waals surface area contributed by atoms with Crippen LogP contribution in [0, 0.1) is 0 Å². The van der Waals surface area contributed by atoms with Crippen molar-refractivity contribution in [2.24, 2.45) is 5.73 Å². The summed E-state index contributed by atoms with van der Waals surface area (Å²) in [5, 5.41) is 0. The molecular formula is C13H18N2O2. The third-order valence-corrected chi connectivity index (χ3v) is 3.10. The van der Waals surface area contributed by atoms with E-state index in [0.29, 0.717) is 0 Å². The van der Waals surface area contributed by atoms with Crippen LogP contribution in [0.5, 0.6) is 5.75 Å². The summed E-state index contributed by atoms with van der Waals surface area (Å²) in [5.74, 6) is 0.704. The Morgan fingerprint density at radius 2 is 2.29 bits per heavy atom. The molecule has 1 atom stereocenters. The molecular weight excluding hydrogens is 216 g/mol.